The van der Waals surface area contributed by atoms with Crippen LogP contribution in [0.1, 0.15) is 32.1 Å². The lowest BCUT2D eigenvalue weighted by atomic mass is 10.0. The molecule has 0 atom stereocenters. The van der Waals surface area contributed by atoms with Gasteiger partial charge in [-0.2, -0.15) is 0 Å². The molecule has 1 aromatic heterocycles. The number of aromatic nitrogens is 2. The maximum atomic E-state index is 12.4. The second-order valence-corrected chi connectivity index (χ2v) is 4.71. The summed E-state index contributed by atoms with van der Waals surface area (Å²) in [5, 5.41) is 0. The lowest BCUT2D eigenvalue weighted by Gasteiger charge is -2.04. The molecule has 0 saturated carbocycles. The van der Waals surface area contributed by atoms with Gasteiger partial charge in [-0.05, 0) is 25.1 Å². The molecule has 0 radical (unpaired) electrons. The number of carbonyl (C=O) groups excluding carboxylic acids is 2. The predicted octanol–water partition coefficient (Wildman–Crippen LogP) is 2.98. The van der Waals surface area contributed by atoms with E-state index in [1.807, 2.05) is 18.2 Å². The molecule has 4 heteroatoms. The Balaban J connectivity index is 2.11. The summed E-state index contributed by atoms with van der Waals surface area (Å²) in [5.41, 5.74) is 3.25. The zero-order valence-electron chi connectivity index (χ0n) is 11.4. The van der Waals surface area contributed by atoms with Crippen LogP contribution in [-0.4, -0.2) is 22.0 Å². The van der Waals surface area contributed by atoms with Crippen LogP contribution in [0.4, 0.5) is 0 Å². The van der Waals surface area contributed by atoms with Gasteiger partial charge >= 0.3 is 0 Å². The lowest BCUT2D eigenvalue weighted by molar-refractivity contribution is 0.103. The topological polar surface area (TPSA) is 59.9 Å². The van der Waals surface area contributed by atoms with E-state index in [2.05, 4.69) is 9.97 Å². The number of hydrogen-bond acceptors (Lipinski definition) is 4. The summed E-state index contributed by atoms with van der Waals surface area (Å²) >= 11 is 0. The highest BCUT2D eigenvalue weighted by Crippen LogP contribution is 2.17. The van der Waals surface area contributed by atoms with Gasteiger partial charge in [0.2, 0.25) is 0 Å². The highest BCUT2D eigenvalue weighted by atomic mass is 16.1. The normalized spacial score (nSPS) is 10.5. The highest BCUT2D eigenvalue weighted by molar-refractivity contribution is 6.10. The van der Waals surface area contributed by atoms with Crippen molar-refractivity contribution in [2.24, 2.45) is 0 Å². The Kier molecular flexibility index (Phi) is 3.28. The van der Waals surface area contributed by atoms with Crippen LogP contribution in [0.2, 0.25) is 0 Å². The van der Waals surface area contributed by atoms with Gasteiger partial charge in [-0.15, -0.1) is 0 Å². The minimum Gasteiger partial charge on any atom is -0.296 e. The van der Waals surface area contributed by atoms with Gasteiger partial charge in [0, 0.05) is 11.1 Å². The summed E-state index contributed by atoms with van der Waals surface area (Å²) in [6.07, 6.45) is 0.674. The predicted molar refractivity (Wildman–Crippen MR) is 79.5 cm³/mol. The summed E-state index contributed by atoms with van der Waals surface area (Å²) in [6, 6.07) is 14.2. The average Bonchev–Trinajstić information content (AvgIpc) is 2.54. The first-order chi connectivity index (χ1) is 10.2. The van der Waals surface area contributed by atoms with Crippen LogP contribution in [0.25, 0.3) is 11.0 Å². The van der Waals surface area contributed by atoms with Crippen molar-refractivity contribution in [3.8, 4) is 0 Å². The Labute approximate surface area is 121 Å². The van der Waals surface area contributed by atoms with Crippen LogP contribution in [0.3, 0.4) is 0 Å². The molecule has 0 aliphatic carbocycles. The van der Waals surface area contributed by atoms with Gasteiger partial charge in [0.15, 0.2) is 12.1 Å². The van der Waals surface area contributed by atoms with Crippen molar-refractivity contribution in [2.45, 2.75) is 6.92 Å². The number of fused-ring (bicyclic) bond motifs is 1. The van der Waals surface area contributed by atoms with Crippen LogP contribution in [-0.2, 0) is 0 Å². The Morgan fingerprint density at radius 2 is 1.71 bits per heavy atom. The quantitative estimate of drug-likeness (QED) is 0.545. The first-order valence-electron chi connectivity index (χ1n) is 6.52. The van der Waals surface area contributed by atoms with Crippen LogP contribution >= 0.6 is 0 Å². The van der Waals surface area contributed by atoms with Crippen molar-refractivity contribution >= 4 is 23.1 Å². The molecule has 4 nitrogen and oxygen atoms in total. The molecule has 21 heavy (non-hydrogen) atoms. The summed E-state index contributed by atoms with van der Waals surface area (Å²) in [5.74, 6) is -0.0764. The Morgan fingerprint density at radius 1 is 0.952 bits per heavy atom. The molecule has 2 aromatic carbocycles. The van der Waals surface area contributed by atoms with Crippen LogP contribution in [0, 0.1) is 6.92 Å². The number of ketones is 1. The van der Waals surface area contributed by atoms with E-state index in [4.69, 9.17) is 0 Å². The molecule has 0 spiro atoms. The molecule has 0 unspecified atom stereocenters. The minimum atomic E-state index is -0.0764. The average molecular weight is 276 g/mol. The van der Waals surface area contributed by atoms with Gasteiger partial charge in [0.05, 0.1) is 16.7 Å². The van der Waals surface area contributed by atoms with Gasteiger partial charge < -0.3 is 0 Å². The number of nitrogens with zero attached hydrogens (tertiary/aromatic N) is 2. The SMILES string of the molecule is Cc1nc2ccc(C(=O)c3ccccc3)cc2nc1C=O. The molecule has 102 valence electrons. The van der Waals surface area contributed by atoms with Crippen molar-refractivity contribution in [3.63, 3.8) is 0 Å². The standard InChI is InChI=1S/C17H12N2O2/c1-11-16(10-20)19-15-9-13(7-8-14(15)18-11)17(21)12-5-3-2-4-6-12/h2-10H,1H3. The van der Waals surface area contributed by atoms with Gasteiger partial charge in [-0.1, -0.05) is 30.3 Å². The van der Waals surface area contributed by atoms with Crippen molar-refractivity contribution < 1.29 is 9.59 Å². The number of carbonyl (C=O) groups is 2. The van der Waals surface area contributed by atoms with Crippen molar-refractivity contribution in [1.29, 1.82) is 0 Å². The fraction of sp³-hybridized carbons (Fsp3) is 0.0588. The molecule has 0 amide bonds. The molecule has 1 heterocycles. The first-order valence-corrected chi connectivity index (χ1v) is 6.52. The molecular weight excluding hydrogens is 264 g/mol. The van der Waals surface area contributed by atoms with Crippen LogP contribution in [0.5, 0.6) is 0 Å². The lowest BCUT2D eigenvalue weighted by Crippen LogP contribution is -2.02. The van der Waals surface area contributed by atoms with Crippen molar-refractivity contribution in [2.75, 3.05) is 0 Å². The maximum absolute atomic E-state index is 12.4. The third kappa shape index (κ3) is 2.43. The fourth-order valence-corrected chi connectivity index (χ4v) is 2.17. The number of aryl methyl sites for hydroxylation is 1. The zero-order chi connectivity index (χ0) is 14.8. The fourth-order valence-electron chi connectivity index (χ4n) is 2.17. The number of rotatable bonds is 3. The van der Waals surface area contributed by atoms with Crippen LogP contribution < -0.4 is 0 Å². The van der Waals surface area contributed by atoms with E-state index in [-0.39, 0.29) is 5.78 Å². The number of hydrogen-bond donors (Lipinski definition) is 0. The van der Waals surface area contributed by atoms with E-state index in [1.165, 1.54) is 0 Å². The molecule has 0 saturated heterocycles. The Bertz CT molecular complexity index is 842. The molecule has 0 aliphatic rings. The molecule has 0 N–H and O–H groups in total. The van der Waals surface area contributed by atoms with E-state index in [0.717, 1.165) is 0 Å². The third-order valence-corrected chi connectivity index (χ3v) is 3.28. The second-order valence-electron chi connectivity index (χ2n) is 4.71. The van der Waals surface area contributed by atoms with Crippen molar-refractivity contribution in [3.05, 3.63) is 71.0 Å². The number of benzene rings is 2. The first kappa shape index (κ1) is 13.1. The smallest absolute Gasteiger partial charge is 0.193 e. The molecule has 0 bridgehead atoms. The molecule has 3 rings (SSSR count). The monoisotopic (exact) mass is 276 g/mol. The van der Waals surface area contributed by atoms with Gasteiger partial charge in [0.25, 0.3) is 0 Å². The highest BCUT2D eigenvalue weighted by Gasteiger charge is 2.11. The zero-order valence-corrected chi connectivity index (χ0v) is 11.4. The van der Waals surface area contributed by atoms with E-state index < -0.39 is 0 Å². The van der Waals surface area contributed by atoms with E-state index in [1.54, 1.807) is 37.3 Å². The van der Waals surface area contributed by atoms with Gasteiger partial charge in [-0.25, -0.2) is 9.97 Å². The molecule has 3 aromatic rings. The Hall–Kier alpha value is -2.88. The van der Waals surface area contributed by atoms with Crippen LogP contribution in [0.15, 0.2) is 48.5 Å². The van der Waals surface area contributed by atoms with E-state index in [9.17, 15) is 9.59 Å². The summed E-state index contributed by atoms with van der Waals surface area (Å²) in [4.78, 5) is 31.9. The second kappa shape index (κ2) is 5.25. The summed E-state index contributed by atoms with van der Waals surface area (Å²) in [7, 11) is 0. The molecular formula is C17H12N2O2. The van der Waals surface area contributed by atoms with Gasteiger partial charge in [0.1, 0.15) is 5.69 Å². The Morgan fingerprint density at radius 3 is 2.43 bits per heavy atom. The largest absolute Gasteiger partial charge is 0.296 e. The third-order valence-electron chi connectivity index (χ3n) is 3.28. The van der Waals surface area contributed by atoms with E-state index >= 15 is 0 Å². The summed E-state index contributed by atoms with van der Waals surface area (Å²) < 4.78 is 0. The minimum absolute atomic E-state index is 0.0764. The number of aldehydes is 1. The maximum Gasteiger partial charge on any atom is 0.193 e. The molecule has 0 aliphatic heterocycles. The summed E-state index contributed by atoms with van der Waals surface area (Å²) in [6.45, 7) is 1.74. The van der Waals surface area contributed by atoms with Gasteiger partial charge in [-0.3, -0.25) is 9.59 Å². The van der Waals surface area contributed by atoms with Crippen molar-refractivity contribution in [1.82, 2.24) is 9.97 Å². The molecule has 0 fully saturated rings. The van der Waals surface area contributed by atoms with E-state index in [0.29, 0.717) is 39.8 Å².